The number of aliphatic imine (C=N–C) groups is 1. The quantitative estimate of drug-likeness (QED) is 0.431. The zero-order valence-electron chi connectivity index (χ0n) is 18.6. The average molecular weight is 418 g/mol. The number of benzene rings is 1. The third kappa shape index (κ3) is 6.34. The van der Waals surface area contributed by atoms with Gasteiger partial charge in [-0.1, -0.05) is 30.3 Å². The summed E-state index contributed by atoms with van der Waals surface area (Å²) >= 11 is 0. The number of morpholine rings is 1. The maximum atomic E-state index is 11.8. The van der Waals surface area contributed by atoms with Crippen molar-refractivity contribution >= 4 is 12.1 Å². The molecule has 0 radical (unpaired) electrons. The van der Waals surface area contributed by atoms with Gasteiger partial charge < -0.3 is 25.0 Å². The molecule has 3 rings (SSSR count). The van der Waals surface area contributed by atoms with Crippen molar-refractivity contribution in [1.82, 2.24) is 20.4 Å². The fraction of sp³-hybridized carbons (Fsp3) is 0.636. The van der Waals surface area contributed by atoms with Crippen molar-refractivity contribution in [1.29, 1.82) is 0 Å². The highest BCUT2D eigenvalue weighted by Gasteiger charge is 2.41. The molecule has 1 amide bonds. The van der Waals surface area contributed by atoms with E-state index in [2.05, 4.69) is 55.8 Å². The number of carbonyl (C=O) groups excluding carboxylic acids is 1. The number of hydrogen-bond donors (Lipinski definition) is 2. The van der Waals surface area contributed by atoms with Crippen LogP contribution in [0, 0.1) is 0 Å². The number of nitrogens with one attached hydrogen (secondary N) is 2. The summed E-state index contributed by atoms with van der Waals surface area (Å²) < 4.78 is 11.3. The first kappa shape index (κ1) is 22.4. The van der Waals surface area contributed by atoms with Crippen molar-refractivity contribution in [3.05, 3.63) is 35.9 Å². The molecule has 2 saturated heterocycles. The fourth-order valence-electron chi connectivity index (χ4n) is 3.93. The summed E-state index contributed by atoms with van der Waals surface area (Å²) in [6.45, 7) is 10.9. The van der Waals surface area contributed by atoms with Gasteiger partial charge in [0.25, 0.3) is 0 Å². The standard InChI is InChI=1S/C22H35N5O3/c1-22(2,3)30-21(28)25-11-10-24-20(23-4)27-15-18-19(16-27)29-13-12-26(18)14-17-8-6-5-7-9-17/h5-9,18-19H,10-16H2,1-4H3,(H,23,24)(H,25,28). The molecule has 0 aromatic heterocycles. The Balaban J connectivity index is 1.48. The van der Waals surface area contributed by atoms with Crippen LogP contribution in [0.2, 0.25) is 0 Å². The largest absolute Gasteiger partial charge is 0.444 e. The van der Waals surface area contributed by atoms with E-state index in [4.69, 9.17) is 9.47 Å². The van der Waals surface area contributed by atoms with Gasteiger partial charge in [-0.2, -0.15) is 0 Å². The minimum Gasteiger partial charge on any atom is -0.444 e. The van der Waals surface area contributed by atoms with Crippen LogP contribution in [-0.4, -0.2) is 86.0 Å². The lowest BCUT2D eigenvalue weighted by molar-refractivity contribution is -0.0502. The van der Waals surface area contributed by atoms with Gasteiger partial charge in [0, 0.05) is 46.3 Å². The minimum atomic E-state index is -0.495. The van der Waals surface area contributed by atoms with E-state index < -0.39 is 11.7 Å². The maximum absolute atomic E-state index is 11.8. The topological polar surface area (TPSA) is 78.4 Å². The van der Waals surface area contributed by atoms with Crippen LogP contribution in [0.4, 0.5) is 4.79 Å². The second-order valence-corrected chi connectivity index (χ2v) is 8.74. The van der Waals surface area contributed by atoms with Crippen LogP contribution in [-0.2, 0) is 16.0 Å². The van der Waals surface area contributed by atoms with Gasteiger partial charge in [-0.15, -0.1) is 0 Å². The Morgan fingerprint density at radius 1 is 1.20 bits per heavy atom. The second kappa shape index (κ2) is 10.1. The number of ether oxygens (including phenoxy) is 2. The van der Waals surface area contributed by atoms with E-state index in [-0.39, 0.29) is 6.10 Å². The van der Waals surface area contributed by atoms with Gasteiger partial charge in [0.2, 0.25) is 0 Å². The lowest BCUT2D eigenvalue weighted by Crippen LogP contribution is -2.50. The number of hydrogen-bond acceptors (Lipinski definition) is 5. The number of carbonyl (C=O) groups is 1. The van der Waals surface area contributed by atoms with Gasteiger partial charge in [0.1, 0.15) is 5.60 Å². The molecular formula is C22H35N5O3. The highest BCUT2D eigenvalue weighted by atomic mass is 16.6. The van der Waals surface area contributed by atoms with Gasteiger partial charge in [-0.25, -0.2) is 4.79 Å². The molecule has 1 aromatic rings. The third-order valence-corrected chi connectivity index (χ3v) is 5.23. The molecule has 2 unspecified atom stereocenters. The van der Waals surface area contributed by atoms with Crippen LogP contribution in [0.1, 0.15) is 26.3 Å². The number of likely N-dealkylation sites (tertiary alicyclic amines) is 1. The Hall–Kier alpha value is -2.32. The third-order valence-electron chi connectivity index (χ3n) is 5.23. The SMILES string of the molecule is CN=C(NCCNC(=O)OC(C)(C)C)N1CC2OCCN(Cc3ccccc3)C2C1. The summed E-state index contributed by atoms with van der Waals surface area (Å²) in [5, 5.41) is 6.10. The Bertz CT molecular complexity index is 719. The summed E-state index contributed by atoms with van der Waals surface area (Å²) in [4.78, 5) is 20.9. The van der Waals surface area contributed by atoms with E-state index in [0.29, 0.717) is 19.1 Å². The first-order valence-corrected chi connectivity index (χ1v) is 10.7. The number of fused-ring (bicyclic) bond motifs is 1. The molecule has 0 aliphatic carbocycles. The van der Waals surface area contributed by atoms with Crippen LogP contribution < -0.4 is 10.6 Å². The number of rotatable bonds is 5. The zero-order valence-corrected chi connectivity index (χ0v) is 18.6. The van der Waals surface area contributed by atoms with Gasteiger partial charge in [-0.3, -0.25) is 9.89 Å². The molecular weight excluding hydrogens is 382 g/mol. The van der Waals surface area contributed by atoms with Crippen molar-refractivity contribution in [2.75, 3.05) is 46.4 Å². The van der Waals surface area contributed by atoms with E-state index in [1.54, 1.807) is 7.05 Å². The Morgan fingerprint density at radius 3 is 2.63 bits per heavy atom. The van der Waals surface area contributed by atoms with E-state index in [1.165, 1.54) is 5.56 Å². The van der Waals surface area contributed by atoms with E-state index in [0.717, 1.165) is 38.7 Å². The lowest BCUT2D eigenvalue weighted by atomic mass is 10.1. The molecule has 166 valence electrons. The predicted octanol–water partition coefficient (Wildman–Crippen LogP) is 1.67. The molecule has 8 nitrogen and oxygen atoms in total. The summed E-state index contributed by atoms with van der Waals surface area (Å²) in [7, 11) is 1.79. The van der Waals surface area contributed by atoms with Gasteiger partial charge in [0.15, 0.2) is 5.96 Å². The molecule has 2 atom stereocenters. The highest BCUT2D eigenvalue weighted by Crippen LogP contribution is 2.24. The van der Waals surface area contributed by atoms with E-state index in [1.807, 2.05) is 20.8 Å². The lowest BCUT2D eigenvalue weighted by Gasteiger charge is -2.36. The highest BCUT2D eigenvalue weighted by molar-refractivity contribution is 5.80. The number of amides is 1. The molecule has 2 aliphatic rings. The fourth-order valence-corrected chi connectivity index (χ4v) is 3.93. The summed E-state index contributed by atoms with van der Waals surface area (Å²) in [5.41, 5.74) is 0.831. The van der Waals surface area contributed by atoms with Crippen molar-refractivity contribution in [3.63, 3.8) is 0 Å². The van der Waals surface area contributed by atoms with Gasteiger partial charge >= 0.3 is 6.09 Å². The Labute approximate surface area is 179 Å². The smallest absolute Gasteiger partial charge is 0.407 e. The van der Waals surface area contributed by atoms with Crippen LogP contribution in [0.25, 0.3) is 0 Å². The van der Waals surface area contributed by atoms with E-state index >= 15 is 0 Å². The normalized spacial score (nSPS) is 22.5. The minimum absolute atomic E-state index is 0.181. The average Bonchev–Trinajstić information content (AvgIpc) is 3.12. The summed E-state index contributed by atoms with van der Waals surface area (Å²) in [5.74, 6) is 0.832. The molecule has 0 saturated carbocycles. The van der Waals surface area contributed by atoms with Gasteiger partial charge in [-0.05, 0) is 26.3 Å². The van der Waals surface area contributed by atoms with Crippen LogP contribution in [0.3, 0.4) is 0 Å². The van der Waals surface area contributed by atoms with E-state index in [9.17, 15) is 4.79 Å². The molecule has 2 aliphatic heterocycles. The van der Waals surface area contributed by atoms with Crippen molar-refractivity contribution < 1.29 is 14.3 Å². The van der Waals surface area contributed by atoms with Crippen molar-refractivity contribution in [2.24, 2.45) is 4.99 Å². The second-order valence-electron chi connectivity index (χ2n) is 8.74. The Kier molecular flexibility index (Phi) is 7.55. The summed E-state index contributed by atoms with van der Waals surface area (Å²) in [6, 6.07) is 10.9. The van der Waals surface area contributed by atoms with Gasteiger partial charge in [0.05, 0.1) is 18.8 Å². The van der Waals surface area contributed by atoms with Crippen LogP contribution in [0.5, 0.6) is 0 Å². The predicted molar refractivity (Wildman–Crippen MR) is 118 cm³/mol. The molecule has 0 bridgehead atoms. The molecule has 0 spiro atoms. The monoisotopic (exact) mass is 417 g/mol. The molecule has 2 N–H and O–H groups in total. The van der Waals surface area contributed by atoms with Crippen molar-refractivity contribution in [2.45, 2.75) is 45.1 Å². The number of alkyl carbamates (subject to hydrolysis) is 1. The van der Waals surface area contributed by atoms with Crippen molar-refractivity contribution in [3.8, 4) is 0 Å². The molecule has 2 heterocycles. The molecule has 8 heteroatoms. The maximum Gasteiger partial charge on any atom is 0.407 e. The number of guanidine groups is 1. The van der Waals surface area contributed by atoms with Crippen LogP contribution in [0.15, 0.2) is 35.3 Å². The Morgan fingerprint density at radius 2 is 1.93 bits per heavy atom. The first-order chi connectivity index (χ1) is 14.4. The zero-order chi connectivity index (χ0) is 21.6. The van der Waals surface area contributed by atoms with Crippen LogP contribution >= 0.6 is 0 Å². The summed E-state index contributed by atoms with van der Waals surface area (Å²) in [6.07, 6.45) is -0.225. The molecule has 1 aromatic carbocycles. The number of nitrogens with zero attached hydrogens (tertiary/aromatic N) is 3. The first-order valence-electron chi connectivity index (χ1n) is 10.7. The molecule has 2 fully saturated rings. The molecule has 30 heavy (non-hydrogen) atoms.